The maximum absolute atomic E-state index is 12.6. The SMILES string of the molecule is CC(C(=O)Nc1ccc(C#N)c(Cl)c1)N1CCCc2ccccc21. The van der Waals surface area contributed by atoms with Crippen LogP contribution in [0.2, 0.25) is 5.02 Å². The average molecular weight is 340 g/mol. The van der Waals surface area contributed by atoms with Crippen LogP contribution in [0.4, 0.5) is 11.4 Å². The first kappa shape index (κ1) is 16.4. The van der Waals surface area contributed by atoms with Gasteiger partial charge in [-0.1, -0.05) is 29.8 Å². The number of benzene rings is 2. The van der Waals surface area contributed by atoms with E-state index in [0.717, 1.165) is 25.1 Å². The molecular formula is C19H18ClN3O. The lowest BCUT2D eigenvalue weighted by Gasteiger charge is -2.35. The van der Waals surface area contributed by atoms with Crippen LogP contribution in [0.15, 0.2) is 42.5 Å². The first-order valence-electron chi connectivity index (χ1n) is 7.95. The summed E-state index contributed by atoms with van der Waals surface area (Å²) in [5.74, 6) is -0.0903. The second kappa shape index (κ2) is 6.94. The van der Waals surface area contributed by atoms with Crippen molar-refractivity contribution in [3.8, 4) is 6.07 Å². The summed E-state index contributed by atoms with van der Waals surface area (Å²) in [4.78, 5) is 14.8. The quantitative estimate of drug-likeness (QED) is 0.919. The molecule has 0 radical (unpaired) electrons. The molecule has 0 saturated heterocycles. The second-order valence-corrected chi connectivity index (χ2v) is 6.30. The molecule has 5 heteroatoms. The van der Waals surface area contributed by atoms with Gasteiger partial charge in [0, 0.05) is 17.9 Å². The molecule has 2 aromatic rings. The van der Waals surface area contributed by atoms with Crippen LogP contribution < -0.4 is 10.2 Å². The van der Waals surface area contributed by atoms with Crippen LogP contribution in [0.3, 0.4) is 0 Å². The van der Waals surface area contributed by atoms with Crippen molar-refractivity contribution in [2.75, 3.05) is 16.8 Å². The molecule has 3 rings (SSSR count). The number of nitrogens with zero attached hydrogens (tertiary/aromatic N) is 2. The van der Waals surface area contributed by atoms with Gasteiger partial charge in [-0.25, -0.2) is 0 Å². The highest BCUT2D eigenvalue weighted by Gasteiger charge is 2.25. The van der Waals surface area contributed by atoms with Crippen molar-refractivity contribution in [1.82, 2.24) is 0 Å². The van der Waals surface area contributed by atoms with E-state index in [1.54, 1.807) is 18.2 Å². The number of anilines is 2. The minimum Gasteiger partial charge on any atom is -0.360 e. The molecule has 122 valence electrons. The molecule has 0 aromatic heterocycles. The van der Waals surface area contributed by atoms with E-state index in [4.69, 9.17) is 16.9 Å². The molecule has 1 heterocycles. The highest BCUT2D eigenvalue weighted by molar-refractivity contribution is 6.32. The molecule has 1 amide bonds. The minimum atomic E-state index is -0.291. The third-order valence-electron chi connectivity index (χ3n) is 4.35. The summed E-state index contributed by atoms with van der Waals surface area (Å²) in [5, 5.41) is 12.1. The van der Waals surface area contributed by atoms with E-state index in [0.29, 0.717) is 16.3 Å². The Balaban J connectivity index is 1.76. The smallest absolute Gasteiger partial charge is 0.246 e. The average Bonchev–Trinajstić information content (AvgIpc) is 2.60. The number of rotatable bonds is 3. The number of nitrogens with one attached hydrogen (secondary N) is 1. The Labute approximate surface area is 146 Å². The second-order valence-electron chi connectivity index (χ2n) is 5.90. The van der Waals surface area contributed by atoms with Crippen LogP contribution >= 0.6 is 11.6 Å². The summed E-state index contributed by atoms with van der Waals surface area (Å²) in [6.45, 7) is 2.77. The Morgan fingerprint density at radius 2 is 2.12 bits per heavy atom. The van der Waals surface area contributed by atoms with Crippen molar-refractivity contribution in [3.63, 3.8) is 0 Å². The zero-order valence-electron chi connectivity index (χ0n) is 13.4. The third kappa shape index (κ3) is 3.22. The summed E-state index contributed by atoms with van der Waals surface area (Å²) in [5.41, 5.74) is 3.41. The molecule has 0 fully saturated rings. The minimum absolute atomic E-state index is 0.0903. The zero-order chi connectivity index (χ0) is 17.1. The Morgan fingerprint density at radius 1 is 1.33 bits per heavy atom. The van der Waals surface area contributed by atoms with Gasteiger partial charge in [0.2, 0.25) is 5.91 Å². The van der Waals surface area contributed by atoms with E-state index in [2.05, 4.69) is 22.3 Å². The third-order valence-corrected chi connectivity index (χ3v) is 4.66. The predicted octanol–water partition coefficient (Wildman–Crippen LogP) is 3.99. The fourth-order valence-electron chi connectivity index (χ4n) is 3.04. The van der Waals surface area contributed by atoms with Crippen molar-refractivity contribution < 1.29 is 4.79 Å². The number of halogens is 1. The van der Waals surface area contributed by atoms with E-state index >= 15 is 0 Å². The van der Waals surface area contributed by atoms with Gasteiger partial charge in [-0.3, -0.25) is 4.79 Å². The number of carbonyl (C=O) groups is 1. The maximum atomic E-state index is 12.6. The van der Waals surface area contributed by atoms with Crippen molar-refractivity contribution in [1.29, 1.82) is 5.26 Å². The Bertz CT molecular complexity index is 812. The van der Waals surface area contributed by atoms with Gasteiger partial charge in [0.05, 0.1) is 10.6 Å². The maximum Gasteiger partial charge on any atom is 0.246 e. The number of para-hydroxylation sites is 1. The van der Waals surface area contributed by atoms with E-state index in [-0.39, 0.29) is 11.9 Å². The van der Waals surface area contributed by atoms with Gasteiger partial charge >= 0.3 is 0 Å². The van der Waals surface area contributed by atoms with Crippen LogP contribution in [-0.4, -0.2) is 18.5 Å². The fraction of sp³-hybridized carbons (Fsp3) is 0.263. The van der Waals surface area contributed by atoms with Gasteiger partial charge in [-0.15, -0.1) is 0 Å². The van der Waals surface area contributed by atoms with Crippen LogP contribution in [0.1, 0.15) is 24.5 Å². The lowest BCUT2D eigenvalue weighted by molar-refractivity contribution is -0.117. The van der Waals surface area contributed by atoms with Crippen LogP contribution in [0.25, 0.3) is 0 Å². The van der Waals surface area contributed by atoms with E-state index in [1.807, 2.05) is 25.1 Å². The largest absolute Gasteiger partial charge is 0.360 e. The van der Waals surface area contributed by atoms with Crippen LogP contribution in [0, 0.1) is 11.3 Å². The number of aryl methyl sites for hydroxylation is 1. The van der Waals surface area contributed by atoms with Crippen LogP contribution in [0.5, 0.6) is 0 Å². The molecule has 1 N–H and O–H groups in total. The van der Waals surface area contributed by atoms with E-state index in [9.17, 15) is 4.79 Å². The molecule has 1 unspecified atom stereocenters. The normalized spacial score (nSPS) is 14.5. The molecule has 0 spiro atoms. The number of carbonyl (C=O) groups excluding carboxylic acids is 1. The summed E-state index contributed by atoms with van der Waals surface area (Å²) >= 11 is 6.02. The van der Waals surface area contributed by atoms with Gasteiger partial charge in [0.15, 0.2) is 0 Å². The molecule has 2 aromatic carbocycles. The van der Waals surface area contributed by atoms with Gasteiger partial charge in [-0.05, 0) is 49.6 Å². The molecule has 4 nitrogen and oxygen atoms in total. The molecule has 0 aliphatic carbocycles. The highest BCUT2D eigenvalue weighted by atomic mass is 35.5. The number of hydrogen-bond donors (Lipinski definition) is 1. The number of nitriles is 1. The Kier molecular flexibility index (Phi) is 4.73. The van der Waals surface area contributed by atoms with Gasteiger partial charge in [0.25, 0.3) is 0 Å². The first-order chi connectivity index (χ1) is 11.6. The first-order valence-corrected chi connectivity index (χ1v) is 8.33. The van der Waals surface area contributed by atoms with Crippen molar-refractivity contribution in [2.24, 2.45) is 0 Å². The number of fused-ring (bicyclic) bond motifs is 1. The van der Waals surface area contributed by atoms with Gasteiger partial charge in [-0.2, -0.15) is 5.26 Å². The van der Waals surface area contributed by atoms with Crippen molar-refractivity contribution >= 4 is 28.9 Å². The zero-order valence-corrected chi connectivity index (χ0v) is 14.2. The lowest BCUT2D eigenvalue weighted by Crippen LogP contribution is -2.44. The van der Waals surface area contributed by atoms with E-state index < -0.39 is 0 Å². The lowest BCUT2D eigenvalue weighted by atomic mass is 10.00. The molecule has 0 saturated carbocycles. The summed E-state index contributed by atoms with van der Waals surface area (Å²) in [7, 11) is 0. The molecule has 0 bridgehead atoms. The molecule has 1 aliphatic heterocycles. The molecule has 1 aliphatic rings. The number of hydrogen-bond acceptors (Lipinski definition) is 3. The summed E-state index contributed by atoms with van der Waals surface area (Å²) < 4.78 is 0. The summed E-state index contributed by atoms with van der Waals surface area (Å²) in [6.07, 6.45) is 2.09. The highest BCUT2D eigenvalue weighted by Crippen LogP contribution is 2.29. The van der Waals surface area contributed by atoms with Crippen molar-refractivity contribution in [3.05, 3.63) is 58.6 Å². The number of amides is 1. The predicted molar refractivity (Wildman–Crippen MR) is 96.4 cm³/mol. The van der Waals surface area contributed by atoms with Crippen molar-refractivity contribution in [2.45, 2.75) is 25.8 Å². The monoisotopic (exact) mass is 339 g/mol. The van der Waals surface area contributed by atoms with Crippen LogP contribution in [-0.2, 0) is 11.2 Å². The standard InChI is InChI=1S/C19H18ClN3O/c1-13(23-10-4-6-14-5-2-3-7-18(14)23)19(24)22-16-9-8-15(12-21)17(20)11-16/h2-3,5,7-9,11,13H,4,6,10H2,1H3,(H,22,24). The fourth-order valence-corrected chi connectivity index (χ4v) is 3.26. The van der Waals surface area contributed by atoms with E-state index in [1.165, 1.54) is 5.56 Å². The Hall–Kier alpha value is -2.51. The molecule has 24 heavy (non-hydrogen) atoms. The topological polar surface area (TPSA) is 56.1 Å². The molecule has 1 atom stereocenters. The van der Waals surface area contributed by atoms with Gasteiger partial charge < -0.3 is 10.2 Å². The van der Waals surface area contributed by atoms with Gasteiger partial charge in [0.1, 0.15) is 12.1 Å². The summed E-state index contributed by atoms with van der Waals surface area (Å²) in [6, 6.07) is 14.8. The molecular weight excluding hydrogens is 322 g/mol. The Morgan fingerprint density at radius 3 is 2.88 bits per heavy atom.